The summed E-state index contributed by atoms with van der Waals surface area (Å²) in [7, 11) is 1.64. The number of carboxylic acids is 1. The van der Waals surface area contributed by atoms with Gasteiger partial charge in [0.1, 0.15) is 12.0 Å². The van der Waals surface area contributed by atoms with E-state index >= 15 is 0 Å². The lowest BCUT2D eigenvalue weighted by atomic mass is 10.0. The van der Waals surface area contributed by atoms with Crippen molar-refractivity contribution in [3.8, 4) is 5.75 Å². The smallest absolute Gasteiger partial charge is 0.338 e. The number of amides is 1. The molecule has 0 atom stereocenters. The molecule has 2 aromatic rings. The fourth-order valence-electron chi connectivity index (χ4n) is 2.85. The van der Waals surface area contributed by atoms with Gasteiger partial charge >= 0.3 is 5.97 Å². The Labute approximate surface area is 133 Å². The van der Waals surface area contributed by atoms with Crippen molar-refractivity contribution >= 4 is 11.9 Å². The van der Waals surface area contributed by atoms with Gasteiger partial charge in [-0.3, -0.25) is 4.79 Å². The molecule has 0 bridgehead atoms. The predicted octanol–water partition coefficient (Wildman–Crippen LogP) is 2.23. The number of furan rings is 1. The van der Waals surface area contributed by atoms with Crippen molar-refractivity contribution in [1.29, 1.82) is 0 Å². The van der Waals surface area contributed by atoms with Crippen LogP contribution in [0.3, 0.4) is 0 Å². The van der Waals surface area contributed by atoms with Crippen LogP contribution >= 0.6 is 0 Å². The fourth-order valence-corrected chi connectivity index (χ4v) is 2.85. The zero-order valence-corrected chi connectivity index (χ0v) is 12.7. The standard InChI is InChI=1S/C17H17NO5/c1-22-14-4-2-3-11-5-7-18(8-6-13(11)14)16(19)15-9-12(10-23-15)17(20)21/h2-4,9-10H,5-8H2,1H3,(H,20,21). The summed E-state index contributed by atoms with van der Waals surface area (Å²) in [6.45, 7) is 1.09. The Kier molecular flexibility index (Phi) is 4.06. The lowest BCUT2D eigenvalue weighted by Gasteiger charge is -2.18. The van der Waals surface area contributed by atoms with Crippen molar-refractivity contribution in [1.82, 2.24) is 4.90 Å². The summed E-state index contributed by atoms with van der Waals surface area (Å²) < 4.78 is 10.5. The van der Waals surface area contributed by atoms with E-state index in [0.29, 0.717) is 19.5 Å². The summed E-state index contributed by atoms with van der Waals surface area (Å²) in [4.78, 5) is 25.1. The molecule has 0 saturated heterocycles. The van der Waals surface area contributed by atoms with E-state index in [4.69, 9.17) is 14.3 Å². The Morgan fingerprint density at radius 1 is 1.26 bits per heavy atom. The van der Waals surface area contributed by atoms with E-state index in [-0.39, 0.29) is 17.2 Å². The van der Waals surface area contributed by atoms with E-state index in [9.17, 15) is 9.59 Å². The Morgan fingerprint density at radius 2 is 2.04 bits per heavy atom. The van der Waals surface area contributed by atoms with Crippen molar-refractivity contribution in [2.75, 3.05) is 20.2 Å². The minimum Gasteiger partial charge on any atom is -0.496 e. The highest BCUT2D eigenvalue weighted by atomic mass is 16.5. The third kappa shape index (κ3) is 2.92. The molecule has 6 heteroatoms. The van der Waals surface area contributed by atoms with Crippen molar-refractivity contribution in [3.05, 3.63) is 53.0 Å². The second-order valence-electron chi connectivity index (χ2n) is 5.39. The van der Waals surface area contributed by atoms with Crippen LogP contribution in [0, 0.1) is 0 Å². The fraction of sp³-hybridized carbons (Fsp3) is 0.294. The van der Waals surface area contributed by atoms with E-state index in [0.717, 1.165) is 24.0 Å². The molecule has 2 heterocycles. The van der Waals surface area contributed by atoms with Crippen LogP contribution in [-0.2, 0) is 12.8 Å². The van der Waals surface area contributed by atoms with Crippen LogP contribution in [0.15, 0.2) is 34.9 Å². The van der Waals surface area contributed by atoms with Crippen molar-refractivity contribution in [3.63, 3.8) is 0 Å². The van der Waals surface area contributed by atoms with Crippen LogP contribution in [0.5, 0.6) is 5.75 Å². The summed E-state index contributed by atoms with van der Waals surface area (Å²) in [5.74, 6) is -0.506. The van der Waals surface area contributed by atoms with Gasteiger partial charge in [-0.2, -0.15) is 0 Å². The normalized spacial score (nSPS) is 14.0. The maximum atomic E-state index is 12.5. The van der Waals surface area contributed by atoms with Gasteiger partial charge in [0.25, 0.3) is 5.91 Å². The maximum Gasteiger partial charge on any atom is 0.338 e. The summed E-state index contributed by atoms with van der Waals surface area (Å²) in [5.41, 5.74) is 2.27. The molecule has 0 radical (unpaired) electrons. The number of carbonyl (C=O) groups is 2. The number of fused-ring (bicyclic) bond motifs is 1. The van der Waals surface area contributed by atoms with Gasteiger partial charge < -0.3 is 19.2 Å². The van der Waals surface area contributed by atoms with Crippen molar-refractivity contribution in [2.45, 2.75) is 12.8 Å². The van der Waals surface area contributed by atoms with Crippen molar-refractivity contribution in [2.24, 2.45) is 0 Å². The first-order valence-corrected chi connectivity index (χ1v) is 7.36. The number of nitrogens with zero attached hydrogens (tertiary/aromatic N) is 1. The minimum absolute atomic E-state index is 0.0203. The molecule has 23 heavy (non-hydrogen) atoms. The Morgan fingerprint density at radius 3 is 2.74 bits per heavy atom. The molecule has 120 valence electrons. The average molecular weight is 315 g/mol. The van der Waals surface area contributed by atoms with E-state index in [2.05, 4.69) is 0 Å². The molecular weight excluding hydrogens is 298 g/mol. The van der Waals surface area contributed by atoms with E-state index in [1.54, 1.807) is 12.0 Å². The summed E-state index contributed by atoms with van der Waals surface area (Å²) in [5, 5.41) is 8.91. The molecule has 0 spiro atoms. The Hall–Kier alpha value is -2.76. The van der Waals surface area contributed by atoms with Gasteiger partial charge in [0.15, 0.2) is 5.76 Å². The lowest BCUT2D eigenvalue weighted by Crippen LogP contribution is -2.33. The number of aromatic carboxylic acids is 1. The molecule has 1 aromatic heterocycles. The largest absolute Gasteiger partial charge is 0.496 e. The third-order valence-corrected chi connectivity index (χ3v) is 4.08. The summed E-state index contributed by atoms with van der Waals surface area (Å²) >= 11 is 0. The van der Waals surface area contributed by atoms with Gasteiger partial charge in [-0.15, -0.1) is 0 Å². The molecule has 0 aliphatic carbocycles. The van der Waals surface area contributed by atoms with Gasteiger partial charge in [-0.25, -0.2) is 4.79 Å². The van der Waals surface area contributed by atoms with E-state index < -0.39 is 5.97 Å². The number of benzene rings is 1. The molecule has 1 aliphatic rings. The van der Waals surface area contributed by atoms with Gasteiger partial charge in [-0.1, -0.05) is 12.1 Å². The van der Waals surface area contributed by atoms with E-state index in [1.807, 2.05) is 18.2 Å². The first kappa shape index (κ1) is 15.1. The van der Waals surface area contributed by atoms with Crippen LogP contribution < -0.4 is 4.74 Å². The zero-order valence-electron chi connectivity index (χ0n) is 12.7. The zero-order chi connectivity index (χ0) is 16.4. The Bertz CT molecular complexity index is 749. The maximum absolute atomic E-state index is 12.5. The number of ether oxygens (including phenoxy) is 1. The number of hydrogen-bond acceptors (Lipinski definition) is 4. The molecule has 1 aromatic carbocycles. The van der Waals surface area contributed by atoms with Crippen LogP contribution in [0.2, 0.25) is 0 Å². The molecule has 1 N–H and O–H groups in total. The van der Waals surface area contributed by atoms with E-state index in [1.165, 1.54) is 11.6 Å². The highest BCUT2D eigenvalue weighted by Crippen LogP contribution is 2.26. The summed E-state index contributed by atoms with van der Waals surface area (Å²) in [6.07, 6.45) is 2.51. The number of rotatable bonds is 3. The molecule has 0 unspecified atom stereocenters. The van der Waals surface area contributed by atoms with Gasteiger partial charge in [0, 0.05) is 19.2 Å². The lowest BCUT2D eigenvalue weighted by molar-refractivity contribution is 0.0694. The average Bonchev–Trinajstić information content (AvgIpc) is 2.95. The molecule has 3 rings (SSSR count). The second-order valence-corrected chi connectivity index (χ2v) is 5.39. The second kappa shape index (κ2) is 6.16. The minimum atomic E-state index is -1.11. The number of hydrogen-bond donors (Lipinski definition) is 1. The number of carboxylic acid groups (broad SMARTS) is 1. The predicted molar refractivity (Wildman–Crippen MR) is 82.0 cm³/mol. The van der Waals surface area contributed by atoms with Crippen molar-refractivity contribution < 1.29 is 23.8 Å². The molecule has 1 aliphatic heterocycles. The molecule has 0 saturated carbocycles. The van der Waals surface area contributed by atoms with Crippen LogP contribution in [0.25, 0.3) is 0 Å². The highest BCUT2D eigenvalue weighted by molar-refractivity contribution is 5.95. The Balaban J connectivity index is 1.78. The monoisotopic (exact) mass is 315 g/mol. The first-order valence-electron chi connectivity index (χ1n) is 7.36. The molecule has 6 nitrogen and oxygen atoms in total. The quantitative estimate of drug-likeness (QED) is 0.939. The molecule has 0 fully saturated rings. The van der Waals surface area contributed by atoms with Gasteiger partial charge in [-0.05, 0) is 30.0 Å². The molecular formula is C17H17NO5. The van der Waals surface area contributed by atoms with Gasteiger partial charge in [0.2, 0.25) is 0 Å². The number of methoxy groups -OCH3 is 1. The third-order valence-electron chi connectivity index (χ3n) is 4.08. The van der Waals surface area contributed by atoms with Crippen LogP contribution in [0.1, 0.15) is 32.0 Å². The first-order chi connectivity index (χ1) is 11.1. The highest BCUT2D eigenvalue weighted by Gasteiger charge is 2.24. The molecule has 1 amide bonds. The van der Waals surface area contributed by atoms with Gasteiger partial charge in [0.05, 0.1) is 12.7 Å². The topological polar surface area (TPSA) is 80.0 Å². The number of carbonyl (C=O) groups excluding carboxylic acids is 1. The van der Waals surface area contributed by atoms with Crippen LogP contribution in [-0.4, -0.2) is 42.1 Å². The SMILES string of the molecule is COc1cccc2c1CCN(C(=O)c1cc(C(=O)O)co1)CC2. The summed E-state index contributed by atoms with van der Waals surface area (Å²) in [6, 6.07) is 7.17. The van der Waals surface area contributed by atoms with Crippen LogP contribution in [0.4, 0.5) is 0 Å².